The number of benzene rings is 1. The number of hydrogen-bond donors (Lipinski definition) is 1. The van der Waals surface area contributed by atoms with Crippen molar-refractivity contribution in [2.75, 3.05) is 13.1 Å². The van der Waals surface area contributed by atoms with Gasteiger partial charge in [0.2, 0.25) is 0 Å². The van der Waals surface area contributed by atoms with Gasteiger partial charge in [0.15, 0.2) is 0 Å². The van der Waals surface area contributed by atoms with Crippen LogP contribution in [-0.4, -0.2) is 24.0 Å². The van der Waals surface area contributed by atoms with Gasteiger partial charge in [-0.25, -0.2) is 0 Å². The Bertz CT molecular complexity index is 600. The second-order valence-corrected chi connectivity index (χ2v) is 7.46. The van der Waals surface area contributed by atoms with E-state index < -0.39 is 0 Å². The van der Waals surface area contributed by atoms with E-state index in [9.17, 15) is 0 Å². The lowest BCUT2D eigenvalue weighted by atomic mass is 9.93. The van der Waals surface area contributed by atoms with Gasteiger partial charge in [-0.1, -0.05) is 35.3 Å². The number of nitrogens with zero attached hydrogens (tertiary/aromatic N) is 1. The summed E-state index contributed by atoms with van der Waals surface area (Å²) in [5.41, 5.74) is 7.36. The minimum absolute atomic E-state index is 0.219. The molecule has 5 heteroatoms. The fourth-order valence-corrected chi connectivity index (χ4v) is 4.28. The van der Waals surface area contributed by atoms with E-state index in [4.69, 9.17) is 28.9 Å². The van der Waals surface area contributed by atoms with Crippen molar-refractivity contribution in [3.05, 3.63) is 56.2 Å². The van der Waals surface area contributed by atoms with E-state index in [1.165, 1.54) is 4.88 Å². The highest BCUT2D eigenvalue weighted by atomic mass is 35.5. The zero-order valence-electron chi connectivity index (χ0n) is 11.6. The molecule has 1 fully saturated rings. The van der Waals surface area contributed by atoms with Crippen LogP contribution in [0.5, 0.6) is 0 Å². The summed E-state index contributed by atoms with van der Waals surface area (Å²) in [5.74, 6) is 0.528. The summed E-state index contributed by atoms with van der Waals surface area (Å²) in [6.07, 6.45) is 1.06. The molecule has 0 spiro atoms. The lowest BCUT2D eigenvalue weighted by Gasteiger charge is -2.36. The monoisotopic (exact) mass is 340 g/mol. The fourth-order valence-electron chi connectivity index (χ4n) is 2.98. The summed E-state index contributed by atoms with van der Waals surface area (Å²) >= 11 is 14.1. The van der Waals surface area contributed by atoms with Gasteiger partial charge in [-0.05, 0) is 35.6 Å². The molecule has 2 N–H and O–H groups in total. The number of halogens is 2. The van der Waals surface area contributed by atoms with E-state index in [2.05, 4.69) is 22.4 Å². The maximum atomic E-state index is 6.28. The average molecular weight is 341 g/mol. The Morgan fingerprint density at radius 3 is 2.81 bits per heavy atom. The van der Waals surface area contributed by atoms with Crippen molar-refractivity contribution in [3.8, 4) is 0 Å². The van der Waals surface area contributed by atoms with Crippen LogP contribution in [0.3, 0.4) is 0 Å². The third kappa shape index (κ3) is 3.79. The summed E-state index contributed by atoms with van der Waals surface area (Å²) in [7, 11) is 0. The Balaban J connectivity index is 1.72. The molecule has 2 unspecified atom stereocenters. The summed E-state index contributed by atoms with van der Waals surface area (Å²) in [4.78, 5) is 3.82. The average Bonchev–Trinajstić information content (AvgIpc) is 2.95. The van der Waals surface area contributed by atoms with E-state index in [1.54, 1.807) is 6.07 Å². The summed E-state index contributed by atoms with van der Waals surface area (Å²) in [6, 6.07) is 10.2. The molecule has 1 aliphatic heterocycles. The van der Waals surface area contributed by atoms with Gasteiger partial charge in [-0.2, -0.15) is 0 Å². The van der Waals surface area contributed by atoms with E-state index >= 15 is 0 Å². The minimum atomic E-state index is 0.219. The van der Waals surface area contributed by atoms with E-state index in [0.29, 0.717) is 10.9 Å². The van der Waals surface area contributed by atoms with Crippen LogP contribution in [0, 0.1) is 0 Å². The molecule has 0 amide bonds. The normalized spacial score (nSPS) is 23.4. The Morgan fingerprint density at radius 2 is 2.10 bits per heavy atom. The molecule has 2 aromatic rings. The molecule has 2 nitrogen and oxygen atoms in total. The third-order valence-corrected chi connectivity index (χ3v) is 5.53. The standard InChI is InChI=1S/C16H18Cl2N2S/c17-13-4-3-11(15(18)7-13)8-20-9-12(6-14(19)10-20)16-2-1-5-21-16/h1-5,7,12,14H,6,8-10,19H2. The van der Waals surface area contributed by atoms with Gasteiger partial charge in [0, 0.05) is 46.5 Å². The van der Waals surface area contributed by atoms with Gasteiger partial charge in [-0.15, -0.1) is 11.3 Å². The smallest absolute Gasteiger partial charge is 0.0465 e. The zero-order chi connectivity index (χ0) is 14.8. The molecule has 3 rings (SSSR count). The first-order chi connectivity index (χ1) is 10.1. The van der Waals surface area contributed by atoms with Crippen LogP contribution in [0.1, 0.15) is 22.8 Å². The molecule has 0 aliphatic carbocycles. The lowest BCUT2D eigenvalue weighted by molar-refractivity contribution is 0.182. The Kier molecular flexibility index (Phi) is 4.87. The SMILES string of the molecule is NC1CC(c2cccs2)CN(Cc2ccc(Cl)cc2Cl)C1. The van der Waals surface area contributed by atoms with Crippen molar-refractivity contribution in [3.63, 3.8) is 0 Å². The lowest BCUT2D eigenvalue weighted by Crippen LogP contribution is -2.45. The van der Waals surface area contributed by atoms with E-state index in [-0.39, 0.29) is 6.04 Å². The first-order valence-electron chi connectivity index (χ1n) is 7.07. The van der Waals surface area contributed by atoms with Gasteiger partial charge in [-0.3, -0.25) is 4.90 Å². The van der Waals surface area contributed by atoms with Crippen LogP contribution in [0.15, 0.2) is 35.7 Å². The second kappa shape index (κ2) is 6.67. The summed E-state index contributed by atoms with van der Waals surface area (Å²) in [5, 5.41) is 3.54. The van der Waals surface area contributed by atoms with Crippen molar-refractivity contribution in [1.29, 1.82) is 0 Å². The van der Waals surface area contributed by atoms with Gasteiger partial charge in [0.25, 0.3) is 0 Å². The summed E-state index contributed by atoms with van der Waals surface area (Å²) in [6.45, 7) is 2.78. The Morgan fingerprint density at radius 1 is 1.24 bits per heavy atom. The van der Waals surface area contributed by atoms with Gasteiger partial charge in [0.1, 0.15) is 0 Å². The van der Waals surface area contributed by atoms with Crippen LogP contribution in [-0.2, 0) is 6.54 Å². The predicted molar refractivity (Wildman–Crippen MR) is 91.4 cm³/mol. The largest absolute Gasteiger partial charge is 0.327 e. The van der Waals surface area contributed by atoms with Crippen molar-refractivity contribution < 1.29 is 0 Å². The molecule has 2 atom stereocenters. The van der Waals surface area contributed by atoms with Crippen molar-refractivity contribution >= 4 is 34.5 Å². The number of rotatable bonds is 3. The van der Waals surface area contributed by atoms with Gasteiger partial charge in [0.05, 0.1) is 0 Å². The second-order valence-electron chi connectivity index (χ2n) is 5.64. The predicted octanol–water partition coefficient (Wildman–Crippen LogP) is 4.37. The van der Waals surface area contributed by atoms with Gasteiger partial charge < -0.3 is 5.73 Å². The number of thiophene rings is 1. The van der Waals surface area contributed by atoms with Gasteiger partial charge >= 0.3 is 0 Å². The highest BCUT2D eigenvalue weighted by Crippen LogP contribution is 2.31. The number of likely N-dealkylation sites (tertiary alicyclic amines) is 1. The maximum absolute atomic E-state index is 6.28. The van der Waals surface area contributed by atoms with E-state index in [1.807, 2.05) is 23.5 Å². The van der Waals surface area contributed by atoms with Crippen LogP contribution in [0.2, 0.25) is 10.0 Å². The Labute approximate surface area is 139 Å². The number of nitrogens with two attached hydrogens (primary N) is 1. The highest BCUT2D eigenvalue weighted by molar-refractivity contribution is 7.10. The molecule has 0 bridgehead atoms. The molecule has 0 saturated carbocycles. The van der Waals surface area contributed by atoms with Crippen LogP contribution in [0.4, 0.5) is 0 Å². The fraction of sp³-hybridized carbons (Fsp3) is 0.375. The molecule has 1 aliphatic rings. The molecule has 0 radical (unpaired) electrons. The number of hydrogen-bond acceptors (Lipinski definition) is 3. The highest BCUT2D eigenvalue weighted by Gasteiger charge is 2.27. The zero-order valence-corrected chi connectivity index (χ0v) is 14.0. The van der Waals surface area contributed by atoms with Crippen LogP contribution >= 0.6 is 34.5 Å². The molecule has 112 valence electrons. The van der Waals surface area contributed by atoms with Crippen molar-refractivity contribution in [2.45, 2.75) is 24.9 Å². The molecule has 2 heterocycles. The number of piperidine rings is 1. The molecule has 1 saturated heterocycles. The molecular weight excluding hydrogens is 323 g/mol. The molecule has 1 aromatic heterocycles. The van der Waals surface area contributed by atoms with Crippen molar-refractivity contribution in [1.82, 2.24) is 4.90 Å². The van der Waals surface area contributed by atoms with Crippen molar-refractivity contribution in [2.24, 2.45) is 5.73 Å². The van der Waals surface area contributed by atoms with Crippen LogP contribution in [0.25, 0.3) is 0 Å². The van der Waals surface area contributed by atoms with E-state index in [0.717, 1.165) is 36.6 Å². The first-order valence-corrected chi connectivity index (χ1v) is 8.70. The topological polar surface area (TPSA) is 29.3 Å². The van der Waals surface area contributed by atoms with Crippen LogP contribution < -0.4 is 5.73 Å². The minimum Gasteiger partial charge on any atom is -0.327 e. The maximum Gasteiger partial charge on any atom is 0.0465 e. The Hall–Kier alpha value is -0.580. The first kappa shape index (κ1) is 15.3. The summed E-state index contributed by atoms with van der Waals surface area (Å²) < 4.78 is 0. The third-order valence-electron chi connectivity index (χ3n) is 3.91. The molecule has 21 heavy (non-hydrogen) atoms. The quantitative estimate of drug-likeness (QED) is 0.898. The molecular formula is C16H18Cl2N2S. The molecule has 1 aromatic carbocycles.